The van der Waals surface area contributed by atoms with Crippen molar-refractivity contribution in [3.05, 3.63) is 55.5 Å². The van der Waals surface area contributed by atoms with Crippen LogP contribution in [-0.4, -0.2) is 21.6 Å². The summed E-state index contributed by atoms with van der Waals surface area (Å²) in [4.78, 5) is 14.8. The minimum absolute atomic E-state index is 0.0251. The predicted octanol–water partition coefficient (Wildman–Crippen LogP) is 5.24. The third-order valence-electron chi connectivity index (χ3n) is 3.37. The van der Waals surface area contributed by atoms with Gasteiger partial charge in [0.15, 0.2) is 11.5 Å². The van der Waals surface area contributed by atoms with Crippen LogP contribution in [0.2, 0.25) is 0 Å². The van der Waals surface area contributed by atoms with Gasteiger partial charge in [0.1, 0.15) is 5.01 Å². The number of hydrogen-bond acceptors (Lipinski definition) is 6. The second kappa shape index (κ2) is 7.20. The van der Waals surface area contributed by atoms with E-state index in [0.717, 1.165) is 15.3 Å². The highest BCUT2D eigenvalue weighted by atomic mass is 79.9. The Balaban J connectivity index is 1.91. The Hall–Kier alpha value is -2.45. The number of ether oxygens (including phenoxy) is 1. The summed E-state index contributed by atoms with van der Waals surface area (Å²) in [5.74, 6) is 0.461. The summed E-state index contributed by atoms with van der Waals surface area (Å²) in [6.45, 7) is 2.29. The van der Waals surface area contributed by atoms with Gasteiger partial charge in [-0.2, -0.15) is 0 Å². The molecule has 6 nitrogen and oxygen atoms in total. The Kier molecular flexibility index (Phi) is 5.00. The molecule has 25 heavy (non-hydrogen) atoms. The average Bonchev–Trinajstić information content (AvgIpc) is 2.99. The molecule has 0 saturated carbocycles. The number of aromatic hydroxyl groups is 1. The maximum absolute atomic E-state index is 10.8. The predicted molar refractivity (Wildman–Crippen MR) is 102 cm³/mol. The van der Waals surface area contributed by atoms with Crippen LogP contribution in [0.15, 0.2) is 34.8 Å². The second-order valence-electron chi connectivity index (χ2n) is 5.08. The Labute approximate surface area is 155 Å². The normalized spacial score (nSPS) is 11.3. The first-order valence-electron chi connectivity index (χ1n) is 7.36. The smallest absolute Gasteiger partial charge is 0.271 e. The largest absolute Gasteiger partial charge is 0.503 e. The monoisotopic (exact) mass is 420 g/mol. The van der Waals surface area contributed by atoms with Crippen molar-refractivity contribution in [3.8, 4) is 11.5 Å². The van der Waals surface area contributed by atoms with Gasteiger partial charge in [0.25, 0.3) is 5.69 Å². The fourth-order valence-corrected chi connectivity index (χ4v) is 3.55. The van der Waals surface area contributed by atoms with Crippen molar-refractivity contribution >= 4 is 55.3 Å². The van der Waals surface area contributed by atoms with Crippen molar-refractivity contribution in [2.24, 2.45) is 0 Å². The number of halogens is 1. The zero-order valence-corrected chi connectivity index (χ0v) is 15.5. The summed E-state index contributed by atoms with van der Waals surface area (Å²) in [6.07, 6.45) is 3.67. The fraction of sp³-hybridized carbons (Fsp3) is 0.118. The minimum atomic E-state index is -0.433. The molecule has 0 fully saturated rings. The Morgan fingerprint density at radius 3 is 2.88 bits per heavy atom. The third-order valence-corrected chi connectivity index (χ3v) is 4.97. The van der Waals surface area contributed by atoms with E-state index >= 15 is 0 Å². The number of thiazole rings is 1. The molecular formula is C17H13BrN2O4S. The number of phenolic OH excluding ortho intramolecular Hbond substituents is 1. The van der Waals surface area contributed by atoms with Gasteiger partial charge in [-0.3, -0.25) is 10.1 Å². The summed E-state index contributed by atoms with van der Waals surface area (Å²) >= 11 is 4.75. The van der Waals surface area contributed by atoms with Gasteiger partial charge in [-0.1, -0.05) is 6.08 Å². The first kappa shape index (κ1) is 17.4. The quantitative estimate of drug-likeness (QED) is 0.450. The summed E-state index contributed by atoms with van der Waals surface area (Å²) in [5.41, 5.74) is 1.45. The zero-order valence-electron chi connectivity index (χ0n) is 13.1. The van der Waals surface area contributed by atoms with Gasteiger partial charge in [0.2, 0.25) is 0 Å². The molecule has 0 aliphatic rings. The third kappa shape index (κ3) is 3.80. The lowest BCUT2D eigenvalue weighted by atomic mass is 10.2. The number of rotatable bonds is 5. The second-order valence-corrected chi connectivity index (χ2v) is 6.99. The van der Waals surface area contributed by atoms with Crippen LogP contribution in [0.25, 0.3) is 22.4 Å². The molecule has 0 aliphatic carbocycles. The van der Waals surface area contributed by atoms with Gasteiger partial charge >= 0.3 is 0 Å². The molecule has 128 valence electrons. The van der Waals surface area contributed by atoms with E-state index in [9.17, 15) is 15.2 Å². The maximum Gasteiger partial charge on any atom is 0.271 e. The number of aromatic nitrogens is 1. The summed E-state index contributed by atoms with van der Waals surface area (Å²) in [6, 6.07) is 8.14. The lowest BCUT2D eigenvalue weighted by Gasteiger charge is -2.08. The molecule has 8 heteroatoms. The van der Waals surface area contributed by atoms with Gasteiger partial charge in [0, 0.05) is 12.1 Å². The number of hydrogen-bond donors (Lipinski definition) is 1. The van der Waals surface area contributed by atoms with E-state index in [1.165, 1.54) is 23.5 Å². The SMILES string of the molecule is CCOc1cc(/C=C/c2nc3cc([N+](=O)[O-])ccc3s2)cc(Br)c1O. The minimum Gasteiger partial charge on any atom is -0.503 e. The molecule has 0 unspecified atom stereocenters. The standard InChI is InChI=1S/C17H13BrN2O4S/c1-2-24-14-8-10(7-12(18)17(14)21)3-6-16-19-13-9-11(20(22)23)4-5-15(13)25-16/h3-9,21H,2H2,1H3/b6-3+. The van der Waals surface area contributed by atoms with Crippen LogP contribution in [0.3, 0.4) is 0 Å². The zero-order chi connectivity index (χ0) is 18.0. The van der Waals surface area contributed by atoms with Crippen LogP contribution in [-0.2, 0) is 0 Å². The Morgan fingerprint density at radius 1 is 1.36 bits per heavy atom. The van der Waals surface area contributed by atoms with E-state index in [4.69, 9.17) is 4.74 Å². The van der Waals surface area contributed by atoms with Crippen molar-refractivity contribution in [3.63, 3.8) is 0 Å². The maximum atomic E-state index is 10.8. The molecule has 0 spiro atoms. The number of benzene rings is 2. The number of nitrogens with zero attached hydrogens (tertiary/aromatic N) is 2. The molecule has 3 rings (SSSR count). The van der Waals surface area contributed by atoms with Gasteiger partial charge in [0.05, 0.1) is 26.2 Å². The molecule has 0 atom stereocenters. The van der Waals surface area contributed by atoms with Crippen molar-refractivity contribution in [2.45, 2.75) is 6.92 Å². The topological polar surface area (TPSA) is 85.5 Å². The molecule has 2 aromatic carbocycles. The highest BCUT2D eigenvalue weighted by molar-refractivity contribution is 9.10. The molecule has 1 heterocycles. The lowest BCUT2D eigenvalue weighted by Crippen LogP contribution is -1.92. The Morgan fingerprint density at radius 2 is 2.16 bits per heavy atom. The van der Waals surface area contributed by atoms with Gasteiger partial charge in [-0.15, -0.1) is 11.3 Å². The molecule has 0 bridgehead atoms. The molecule has 0 radical (unpaired) electrons. The molecular weight excluding hydrogens is 408 g/mol. The van der Waals surface area contributed by atoms with Crippen molar-refractivity contribution in [1.29, 1.82) is 0 Å². The van der Waals surface area contributed by atoms with Gasteiger partial charge in [-0.05, 0) is 52.7 Å². The van der Waals surface area contributed by atoms with Crippen LogP contribution in [0.5, 0.6) is 11.5 Å². The number of nitro groups is 1. The Bertz CT molecular complexity index is 984. The van der Waals surface area contributed by atoms with E-state index in [1.807, 2.05) is 19.1 Å². The van der Waals surface area contributed by atoms with E-state index in [-0.39, 0.29) is 11.4 Å². The molecule has 1 N–H and O–H groups in total. The van der Waals surface area contributed by atoms with E-state index in [0.29, 0.717) is 22.3 Å². The summed E-state index contributed by atoms with van der Waals surface area (Å²) in [7, 11) is 0. The van der Waals surface area contributed by atoms with E-state index in [2.05, 4.69) is 20.9 Å². The van der Waals surface area contributed by atoms with E-state index in [1.54, 1.807) is 18.2 Å². The molecule has 3 aromatic rings. The first-order valence-corrected chi connectivity index (χ1v) is 8.97. The average molecular weight is 421 g/mol. The highest BCUT2D eigenvalue weighted by Crippen LogP contribution is 2.36. The van der Waals surface area contributed by atoms with Crippen molar-refractivity contribution in [2.75, 3.05) is 6.61 Å². The molecule has 0 saturated heterocycles. The first-order chi connectivity index (χ1) is 12.0. The highest BCUT2D eigenvalue weighted by Gasteiger charge is 2.10. The van der Waals surface area contributed by atoms with E-state index < -0.39 is 4.92 Å². The summed E-state index contributed by atoms with van der Waals surface area (Å²) < 4.78 is 6.82. The summed E-state index contributed by atoms with van der Waals surface area (Å²) in [5, 5.41) is 21.5. The number of non-ortho nitro benzene ring substituents is 1. The van der Waals surface area contributed by atoms with Crippen LogP contribution in [0.1, 0.15) is 17.5 Å². The molecule has 1 aromatic heterocycles. The van der Waals surface area contributed by atoms with Crippen LogP contribution in [0, 0.1) is 10.1 Å². The fourth-order valence-electron chi connectivity index (χ4n) is 2.24. The van der Waals surface area contributed by atoms with Crippen molar-refractivity contribution in [1.82, 2.24) is 4.98 Å². The van der Waals surface area contributed by atoms with Crippen LogP contribution < -0.4 is 4.74 Å². The van der Waals surface area contributed by atoms with Gasteiger partial charge in [-0.25, -0.2) is 4.98 Å². The van der Waals surface area contributed by atoms with Crippen molar-refractivity contribution < 1.29 is 14.8 Å². The number of nitro benzene ring substituents is 1. The molecule has 0 amide bonds. The molecule has 0 aliphatic heterocycles. The van der Waals surface area contributed by atoms with Gasteiger partial charge < -0.3 is 9.84 Å². The van der Waals surface area contributed by atoms with Crippen LogP contribution in [0.4, 0.5) is 5.69 Å². The van der Waals surface area contributed by atoms with Crippen LogP contribution >= 0.6 is 27.3 Å². The number of phenols is 1. The lowest BCUT2D eigenvalue weighted by molar-refractivity contribution is -0.384. The number of fused-ring (bicyclic) bond motifs is 1.